The van der Waals surface area contributed by atoms with Gasteiger partial charge >= 0.3 is 0 Å². The first-order valence-corrected chi connectivity index (χ1v) is 6.52. The van der Waals surface area contributed by atoms with Gasteiger partial charge in [-0.1, -0.05) is 0 Å². The molecule has 1 aromatic heterocycles. The van der Waals surface area contributed by atoms with E-state index in [4.69, 9.17) is 11.6 Å². The number of aromatic nitrogens is 1. The molecule has 78 valence electrons. The Hall–Kier alpha value is -0.280. The Morgan fingerprint density at radius 1 is 1.64 bits per heavy atom. The number of anilines is 1. The van der Waals surface area contributed by atoms with Crippen LogP contribution in [0.1, 0.15) is 19.3 Å². The van der Waals surface area contributed by atoms with Gasteiger partial charge in [-0.05, 0) is 25.2 Å². The maximum Gasteiger partial charge on any atom is 0.185 e. The van der Waals surface area contributed by atoms with E-state index < -0.39 is 0 Å². The Bertz CT molecular complexity index is 261. The summed E-state index contributed by atoms with van der Waals surface area (Å²) in [5.41, 5.74) is 0. The van der Waals surface area contributed by atoms with Gasteiger partial charge in [0.05, 0.1) is 0 Å². The maximum atomic E-state index is 5.78. The van der Waals surface area contributed by atoms with Crippen molar-refractivity contribution < 1.29 is 0 Å². The molecule has 1 unspecified atom stereocenters. The molecule has 2 rings (SSSR count). The number of rotatable bonds is 3. The number of halogens is 1. The predicted octanol–water partition coefficient (Wildman–Crippen LogP) is 2.99. The SMILES string of the molecule is ClCCC1CCCN(c2nccs2)C1. The van der Waals surface area contributed by atoms with Gasteiger partial charge in [0.1, 0.15) is 0 Å². The van der Waals surface area contributed by atoms with E-state index in [1.54, 1.807) is 11.3 Å². The second-order valence-electron chi connectivity index (χ2n) is 3.75. The molecule has 0 saturated carbocycles. The molecular weight excluding hydrogens is 216 g/mol. The van der Waals surface area contributed by atoms with Gasteiger partial charge in [-0.15, -0.1) is 22.9 Å². The molecule has 1 saturated heterocycles. The van der Waals surface area contributed by atoms with Gasteiger partial charge in [0.25, 0.3) is 0 Å². The third-order valence-corrected chi connectivity index (χ3v) is 3.78. The van der Waals surface area contributed by atoms with Gasteiger partial charge in [0, 0.05) is 30.5 Å². The highest BCUT2D eigenvalue weighted by molar-refractivity contribution is 7.13. The Labute approximate surface area is 93.9 Å². The maximum absolute atomic E-state index is 5.78. The van der Waals surface area contributed by atoms with Crippen LogP contribution < -0.4 is 4.90 Å². The molecule has 0 aliphatic carbocycles. The topological polar surface area (TPSA) is 16.1 Å². The molecule has 1 aliphatic rings. The van der Waals surface area contributed by atoms with E-state index in [0.29, 0.717) is 0 Å². The summed E-state index contributed by atoms with van der Waals surface area (Å²) < 4.78 is 0. The minimum absolute atomic E-state index is 0.769. The van der Waals surface area contributed by atoms with Crippen LogP contribution in [-0.2, 0) is 0 Å². The van der Waals surface area contributed by atoms with Crippen LogP contribution in [0, 0.1) is 5.92 Å². The lowest BCUT2D eigenvalue weighted by Gasteiger charge is -2.32. The van der Waals surface area contributed by atoms with E-state index in [0.717, 1.165) is 31.3 Å². The average molecular weight is 231 g/mol. The largest absolute Gasteiger partial charge is 0.348 e. The molecule has 0 bridgehead atoms. The zero-order chi connectivity index (χ0) is 9.80. The van der Waals surface area contributed by atoms with E-state index in [1.165, 1.54) is 18.0 Å². The van der Waals surface area contributed by atoms with E-state index in [-0.39, 0.29) is 0 Å². The standard InChI is InChI=1S/C10H15ClN2S/c11-4-3-9-2-1-6-13(8-9)10-12-5-7-14-10/h5,7,9H,1-4,6,8H2. The Morgan fingerprint density at radius 3 is 3.29 bits per heavy atom. The molecule has 0 aromatic carbocycles. The van der Waals surface area contributed by atoms with E-state index in [9.17, 15) is 0 Å². The zero-order valence-electron chi connectivity index (χ0n) is 8.16. The molecule has 1 aliphatic heterocycles. The van der Waals surface area contributed by atoms with Crippen LogP contribution in [0.15, 0.2) is 11.6 Å². The molecule has 2 heterocycles. The van der Waals surface area contributed by atoms with Crippen LogP contribution in [0.2, 0.25) is 0 Å². The van der Waals surface area contributed by atoms with Gasteiger partial charge < -0.3 is 4.90 Å². The van der Waals surface area contributed by atoms with Crippen molar-refractivity contribution in [1.29, 1.82) is 0 Å². The summed E-state index contributed by atoms with van der Waals surface area (Å²) in [6.07, 6.45) is 5.63. The summed E-state index contributed by atoms with van der Waals surface area (Å²) in [5.74, 6) is 1.56. The van der Waals surface area contributed by atoms with Crippen molar-refractivity contribution in [3.8, 4) is 0 Å². The summed E-state index contributed by atoms with van der Waals surface area (Å²) in [6, 6.07) is 0. The molecule has 1 atom stereocenters. The highest BCUT2D eigenvalue weighted by Crippen LogP contribution is 2.26. The molecule has 4 heteroatoms. The summed E-state index contributed by atoms with van der Waals surface area (Å²) in [6.45, 7) is 2.30. The molecule has 0 radical (unpaired) electrons. The van der Waals surface area contributed by atoms with Crippen molar-refractivity contribution >= 4 is 28.1 Å². The van der Waals surface area contributed by atoms with Crippen molar-refractivity contribution in [2.45, 2.75) is 19.3 Å². The van der Waals surface area contributed by atoms with E-state index in [1.807, 2.05) is 11.6 Å². The molecule has 2 nitrogen and oxygen atoms in total. The minimum Gasteiger partial charge on any atom is -0.348 e. The Kier molecular flexibility index (Phi) is 3.65. The average Bonchev–Trinajstić information content (AvgIpc) is 2.71. The molecule has 1 aromatic rings. The number of thiazole rings is 1. The van der Waals surface area contributed by atoms with Crippen molar-refractivity contribution in [3.05, 3.63) is 11.6 Å². The third kappa shape index (κ3) is 2.39. The van der Waals surface area contributed by atoms with Crippen molar-refractivity contribution in [3.63, 3.8) is 0 Å². The fourth-order valence-electron chi connectivity index (χ4n) is 2.00. The minimum atomic E-state index is 0.769. The van der Waals surface area contributed by atoms with Crippen molar-refractivity contribution in [1.82, 2.24) is 4.98 Å². The zero-order valence-corrected chi connectivity index (χ0v) is 9.73. The number of piperidine rings is 1. The molecule has 0 N–H and O–H groups in total. The first-order valence-electron chi connectivity index (χ1n) is 5.10. The van der Waals surface area contributed by atoms with Crippen LogP contribution in [-0.4, -0.2) is 24.0 Å². The predicted molar refractivity (Wildman–Crippen MR) is 62.4 cm³/mol. The van der Waals surface area contributed by atoms with Crippen LogP contribution in [0.25, 0.3) is 0 Å². The number of nitrogens with zero attached hydrogens (tertiary/aromatic N) is 2. The molecule has 1 fully saturated rings. The summed E-state index contributed by atoms with van der Waals surface area (Å²) in [5, 5.41) is 3.21. The van der Waals surface area contributed by atoms with Crippen molar-refractivity contribution in [2.24, 2.45) is 5.92 Å². The lowest BCUT2D eigenvalue weighted by atomic mass is 9.96. The van der Waals surface area contributed by atoms with Gasteiger partial charge in [0.2, 0.25) is 0 Å². The molecule has 14 heavy (non-hydrogen) atoms. The summed E-state index contributed by atoms with van der Waals surface area (Å²) in [4.78, 5) is 6.74. The van der Waals surface area contributed by atoms with Crippen LogP contribution in [0.4, 0.5) is 5.13 Å². The Balaban J connectivity index is 1.94. The molecular formula is C10H15ClN2S. The smallest absolute Gasteiger partial charge is 0.185 e. The second kappa shape index (κ2) is 4.99. The second-order valence-corrected chi connectivity index (χ2v) is 5.00. The summed E-state index contributed by atoms with van der Waals surface area (Å²) in [7, 11) is 0. The highest BCUT2D eigenvalue weighted by atomic mass is 35.5. The quantitative estimate of drug-likeness (QED) is 0.743. The van der Waals surface area contributed by atoms with E-state index >= 15 is 0 Å². The first kappa shape index (κ1) is 10.2. The normalized spacial score (nSPS) is 22.6. The van der Waals surface area contributed by atoms with Gasteiger partial charge in [0.15, 0.2) is 5.13 Å². The number of hydrogen-bond donors (Lipinski definition) is 0. The van der Waals surface area contributed by atoms with Crippen molar-refractivity contribution in [2.75, 3.05) is 23.9 Å². The van der Waals surface area contributed by atoms with Crippen LogP contribution in [0.3, 0.4) is 0 Å². The molecule has 0 spiro atoms. The van der Waals surface area contributed by atoms with E-state index in [2.05, 4.69) is 9.88 Å². The fraction of sp³-hybridized carbons (Fsp3) is 0.700. The summed E-state index contributed by atoms with van der Waals surface area (Å²) >= 11 is 7.51. The molecule has 0 amide bonds. The third-order valence-electron chi connectivity index (χ3n) is 2.73. The monoisotopic (exact) mass is 230 g/mol. The Morgan fingerprint density at radius 2 is 2.57 bits per heavy atom. The van der Waals surface area contributed by atoms with Gasteiger partial charge in [-0.2, -0.15) is 0 Å². The highest BCUT2D eigenvalue weighted by Gasteiger charge is 2.20. The first-order chi connectivity index (χ1) is 6.90. The van der Waals surface area contributed by atoms with Gasteiger partial charge in [-0.25, -0.2) is 4.98 Å². The van der Waals surface area contributed by atoms with Crippen LogP contribution >= 0.6 is 22.9 Å². The number of hydrogen-bond acceptors (Lipinski definition) is 3. The lowest BCUT2D eigenvalue weighted by Crippen LogP contribution is -2.35. The number of alkyl halides is 1. The lowest BCUT2D eigenvalue weighted by molar-refractivity contribution is 0.406. The fourth-order valence-corrected chi connectivity index (χ4v) is 2.99. The van der Waals surface area contributed by atoms with Gasteiger partial charge in [-0.3, -0.25) is 0 Å². The van der Waals surface area contributed by atoms with Crippen LogP contribution in [0.5, 0.6) is 0 Å².